The molecular formula is C38H42BrFN8O7S. The van der Waals surface area contributed by atoms with E-state index in [9.17, 15) is 28.7 Å². The van der Waals surface area contributed by atoms with Crippen LogP contribution in [0.2, 0.25) is 0 Å². The number of halogens is 2. The molecule has 18 heteroatoms. The van der Waals surface area contributed by atoms with Gasteiger partial charge in [-0.25, -0.2) is 29.1 Å². The van der Waals surface area contributed by atoms with Gasteiger partial charge in [0.2, 0.25) is 23.7 Å². The fraction of sp³-hybridized carbons (Fsp3) is 0.421. The lowest BCUT2D eigenvalue weighted by molar-refractivity contribution is -0.145. The van der Waals surface area contributed by atoms with Crippen LogP contribution in [0.15, 0.2) is 53.1 Å². The zero-order chi connectivity index (χ0) is 40.7. The first-order chi connectivity index (χ1) is 26.4. The summed E-state index contributed by atoms with van der Waals surface area (Å²) in [5.41, 5.74) is -0.921. The first-order valence-electron chi connectivity index (χ1n) is 17.8. The first-order valence-corrected chi connectivity index (χ1v) is 19.5. The van der Waals surface area contributed by atoms with Crippen LogP contribution in [0.3, 0.4) is 0 Å². The van der Waals surface area contributed by atoms with Gasteiger partial charge < -0.3 is 35.4 Å². The zero-order valence-corrected chi connectivity index (χ0v) is 34.0. The van der Waals surface area contributed by atoms with Gasteiger partial charge in [-0.3, -0.25) is 14.4 Å². The number of fused-ring (bicyclic) bond motifs is 1. The van der Waals surface area contributed by atoms with Crippen molar-refractivity contribution in [3.8, 4) is 22.9 Å². The number of nitrogens with one attached hydrogen (secondary N) is 3. The van der Waals surface area contributed by atoms with Crippen LogP contribution in [0.4, 0.5) is 15.5 Å². The molecule has 3 amide bonds. The Labute approximate surface area is 334 Å². The number of methoxy groups -OCH3 is 1. The van der Waals surface area contributed by atoms with Crippen LogP contribution in [0.5, 0.6) is 11.5 Å². The Balaban J connectivity index is 1.37. The number of benzene rings is 1. The van der Waals surface area contributed by atoms with Crippen LogP contribution in [-0.4, -0.2) is 91.0 Å². The normalized spacial score (nSPS) is 21.0. The van der Waals surface area contributed by atoms with Gasteiger partial charge in [-0.15, -0.1) is 17.9 Å². The van der Waals surface area contributed by atoms with Crippen LogP contribution in [0.1, 0.15) is 47.5 Å². The third-order valence-corrected chi connectivity index (χ3v) is 11.3. The standard InChI is InChI=1S/C38H42BrFN8O7S/c1-8-19-13-38(19,34(52)53)47-32(50)25-11-21(16-48(25)33(51)30(37(4,5)6)45-35-41-14-20(40)15-42-35)55-27-12-23(24-17-56-36(44-24)46-31(49)18(2)3)43-29-22(27)9-10-26(54-7)28(29)39/h8-10,12,14-15,17-19,21,25,30H,1,11,13,16H2,2-7H3,(H,47,50)(H,52,53)(H,41,42,45)(H,44,46,49)/t19-,21-,25+,30-,38-/m1/s1. The number of thiazole rings is 1. The number of carbonyl (C=O) groups excluding carboxylic acids is 3. The van der Waals surface area contributed by atoms with E-state index < -0.39 is 58.7 Å². The average Bonchev–Trinajstić information content (AvgIpc) is 3.42. The molecule has 1 aromatic carbocycles. The molecule has 0 radical (unpaired) electrons. The van der Waals surface area contributed by atoms with E-state index in [0.717, 1.165) is 12.4 Å². The number of hydrogen-bond donors (Lipinski definition) is 4. The molecule has 1 aliphatic heterocycles. The monoisotopic (exact) mass is 852 g/mol. The molecule has 4 N–H and O–H groups in total. The summed E-state index contributed by atoms with van der Waals surface area (Å²) >= 11 is 4.85. The maximum atomic E-state index is 14.6. The SMILES string of the molecule is C=C[C@@H]1C[C@]1(NC(=O)[C@@H]1C[C@@H](Oc2cc(-c3csc(NC(=O)C(C)C)n3)nc3c(Br)c(OC)ccc23)CN1C(=O)[C@@H](Nc1ncc(F)cn1)C(C)(C)C)C(=O)O. The van der Waals surface area contributed by atoms with Crippen LogP contribution < -0.4 is 25.4 Å². The zero-order valence-electron chi connectivity index (χ0n) is 31.6. The first kappa shape index (κ1) is 40.4. The Hall–Kier alpha value is -5.23. The average molecular weight is 854 g/mol. The number of hydrogen-bond acceptors (Lipinski definition) is 12. The number of likely N-dealkylation sites (tertiary alicyclic amines) is 1. The van der Waals surface area contributed by atoms with Gasteiger partial charge in [0.05, 0.1) is 41.7 Å². The van der Waals surface area contributed by atoms with E-state index in [1.54, 1.807) is 37.4 Å². The minimum absolute atomic E-state index is 0.00843. The molecule has 6 rings (SSSR count). The summed E-state index contributed by atoms with van der Waals surface area (Å²) in [6, 6.07) is 3.10. The van der Waals surface area contributed by atoms with Gasteiger partial charge in [-0.05, 0) is 39.9 Å². The summed E-state index contributed by atoms with van der Waals surface area (Å²) in [5, 5.41) is 21.4. The van der Waals surface area contributed by atoms with Crippen LogP contribution in [0, 0.1) is 23.1 Å². The molecule has 4 heterocycles. The number of pyridine rings is 1. The highest BCUT2D eigenvalue weighted by Gasteiger charge is 2.61. The van der Waals surface area contributed by atoms with E-state index in [-0.39, 0.29) is 37.2 Å². The highest BCUT2D eigenvalue weighted by molar-refractivity contribution is 9.10. The van der Waals surface area contributed by atoms with Crippen molar-refractivity contribution < 1.29 is 38.1 Å². The number of nitrogens with zero attached hydrogens (tertiary/aromatic N) is 5. The number of aromatic nitrogens is 4. The number of carboxylic acid groups (broad SMARTS) is 1. The fourth-order valence-corrected chi connectivity index (χ4v) is 7.80. The maximum absolute atomic E-state index is 14.6. The molecule has 3 aromatic heterocycles. The van der Waals surface area contributed by atoms with Gasteiger partial charge in [0.25, 0.3) is 0 Å². The molecule has 2 fully saturated rings. The van der Waals surface area contributed by atoms with Gasteiger partial charge in [0.1, 0.15) is 40.9 Å². The molecule has 296 valence electrons. The van der Waals surface area contributed by atoms with Crippen molar-refractivity contribution in [2.75, 3.05) is 24.3 Å². The van der Waals surface area contributed by atoms with Gasteiger partial charge in [0.15, 0.2) is 10.9 Å². The van der Waals surface area contributed by atoms with E-state index in [1.807, 2.05) is 20.8 Å². The molecule has 1 aliphatic carbocycles. The second kappa shape index (κ2) is 15.7. The molecular weight excluding hydrogens is 811 g/mol. The Kier molecular flexibility index (Phi) is 11.4. The molecule has 0 unspecified atom stereocenters. The number of carboxylic acids is 1. The number of rotatable bonds is 13. The van der Waals surface area contributed by atoms with Crippen molar-refractivity contribution in [3.05, 3.63) is 58.9 Å². The second-order valence-corrected chi connectivity index (χ2v) is 16.8. The van der Waals surface area contributed by atoms with E-state index in [0.29, 0.717) is 43.4 Å². The number of carbonyl (C=O) groups is 4. The lowest BCUT2D eigenvalue weighted by Crippen LogP contribution is -2.57. The molecule has 1 saturated heterocycles. The van der Waals surface area contributed by atoms with Gasteiger partial charge in [-0.2, -0.15) is 0 Å². The molecule has 0 bridgehead atoms. The molecule has 1 saturated carbocycles. The third kappa shape index (κ3) is 8.16. The summed E-state index contributed by atoms with van der Waals surface area (Å²) in [6.07, 6.45) is 2.85. The van der Waals surface area contributed by atoms with Crippen LogP contribution in [-0.2, 0) is 19.2 Å². The Morgan fingerprint density at radius 1 is 1.14 bits per heavy atom. The highest BCUT2D eigenvalue weighted by atomic mass is 79.9. The largest absolute Gasteiger partial charge is 0.495 e. The predicted octanol–water partition coefficient (Wildman–Crippen LogP) is 5.67. The van der Waals surface area contributed by atoms with E-state index >= 15 is 0 Å². The lowest BCUT2D eigenvalue weighted by atomic mass is 9.85. The molecule has 4 aromatic rings. The molecule has 56 heavy (non-hydrogen) atoms. The minimum Gasteiger partial charge on any atom is -0.495 e. The van der Waals surface area contributed by atoms with Crippen molar-refractivity contribution in [2.24, 2.45) is 17.3 Å². The number of ether oxygens (including phenoxy) is 2. The topological polar surface area (TPSA) is 198 Å². The van der Waals surface area contributed by atoms with E-state index in [1.165, 1.54) is 29.4 Å². The lowest BCUT2D eigenvalue weighted by Gasteiger charge is -2.35. The summed E-state index contributed by atoms with van der Waals surface area (Å²) in [4.78, 5) is 72.2. The molecule has 0 spiro atoms. The summed E-state index contributed by atoms with van der Waals surface area (Å²) < 4.78 is 26.4. The smallest absolute Gasteiger partial charge is 0.330 e. The van der Waals surface area contributed by atoms with Crippen LogP contribution >= 0.6 is 27.3 Å². The van der Waals surface area contributed by atoms with Crippen LogP contribution in [0.25, 0.3) is 22.3 Å². The quantitative estimate of drug-likeness (QED) is 0.120. The number of amides is 3. The molecule has 15 nitrogen and oxygen atoms in total. The predicted molar refractivity (Wildman–Crippen MR) is 211 cm³/mol. The maximum Gasteiger partial charge on any atom is 0.330 e. The van der Waals surface area contributed by atoms with Crippen molar-refractivity contribution in [3.63, 3.8) is 0 Å². The third-order valence-electron chi connectivity index (χ3n) is 9.76. The highest BCUT2D eigenvalue weighted by Crippen LogP contribution is 2.45. The minimum atomic E-state index is -1.54. The second-order valence-electron chi connectivity index (χ2n) is 15.1. The van der Waals surface area contributed by atoms with Crippen molar-refractivity contribution in [1.29, 1.82) is 0 Å². The molecule has 2 aliphatic rings. The Morgan fingerprint density at radius 2 is 1.86 bits per heavy atom. The van der Waals surface area contributed by atoms with E-state index in [2.05, 4.69) is 53.4 Å². The van der Waals surface area contributed by atoms with Gasteiger partial charge >= 0.3 is 5.97 Å². The summed E-state index contributed by atoms with van der Waals surface area (Å²) in [5.74, 6) is -3.03. The summed E-state index contributed by atoms with van der Waals surface area (Å²) in [7, 11) is 1.53. The van der Waals surface area contributed by atoms with Crippen molar-refractivity contribution in [1.82, 2.24) is 30.2 Å². The van der Waals surface area contributed by atoms with Gasteiger partial charge in [-0.1, -0.05) is 40.7 Å². The van der Waals surface area contributed by atoms with E-state index in [4.69, 9.17) is 14.5 Å². The molecule has 5 atom stereocenters. The number of anilines is 2. The Bertz CT molecular complexity index is 2200. The fourth-order valence-electron chi connectivity index (χ4n) is 6.50. The van der Waals surface area contributed by atoms with Crippen molar-refractivity contribution >= 4 is 72.9 Å². The van der Waals surface area contributed by atoms with Crippen molar-refractivity contribution in [2.45, 2.75) is 71.2 Å². The Morgan fingerprint density at radius 3 is 2.46 bits per heavy atom. The number of aliphatic carboxylic acids is 1. The summed E-state index contributed by atoms with van der Waals surface area (Å²) in [6.45, 7) is 12.7. The van der Waals surface area contributed by atoms with Gasteiger partial charge in [0, 0.05) is 35.1 Å².